The van der Waals surface area contributed by atoms with E-state index in [1.165, 1.54) is 31.6 Å². The zero-order valence-electron chi connectivity index (χ0n) is 33.8. The van der Waals surface area contributed by atoms with E-state index in [0.29, 0.717) is 31.2 Å². The van der Waals surface area contributed by atoms with Crippen LogP contribution in [-0.2, 0) is 44.1 Å². The lowest BCUT2D eigenvalue weighted by Gasteiger charge is -2.25. The van der Waals surface area contributed by atoms with Crippen LogP contribution in [0.4, 0.5) is 15.4 Å². The number of ether oxygens (including phenoxy) is 7. The second kappa shape index (κ2) is 24.4. The molecule has 0 fully saturated rings. The molecule has 25 heteroatoms. The van der Waals surface area contributed by atoms with E-state index < -0.39 is 38.5 Å². The molecule has 0 unspecified atom stereocenters. The zero-order valence-corrected chi connectivity index (χ0v) is 34.6. The Hall–Kier alpha value is -6.03. The number of unbranched alkanes of at least 4 members (excludes halogenated alkanes) is 2. The Labute approximate surface area is 355 Å². The van der Waals surface area contributed by atoms with Gasteiger partial charge in [0.25, 0.3) is 15.9 Å². The predicted molar refractivity (Wildman–Crippen MR) is 208 cm³/mol. The van der Waals surface area contributed by atoms with Crippen LogP contribution in [0.5, 0.6) is 23.1 Å². The van der Waals surface area contributed by atoms with Gasteiger partial charge >= 0.3 is 12.3 Å². The number of carbonyl (C=O) groups excluding carboxylic acids is 2. The largest absolute Gasteiger partial charge is 0.508 e. The molecule has 24 nitrogen and oxygen atoms in total. The summed E-state index contributed by atoms with van der Waals surface area (Å²) >= 11 is 0. The molecule has 0 aliphatic heterocycles. The fourth-order valence-electron chi connectivity index (χ4n) is 4.97. The Morgan fingerprint density at radius 1 is 0.694 bits per heavy atom. The Balaban J connectivity index is 1.53. The molecule has 0 radical (unpaired) electrons. The van der Waals surface area contributed by atoms with Crippen molar-refractivity contribution >= 4 is 28.2 Å². The smallest absolute Gasteiger partial charge is 0.493 e. The SMILES string of the molecule is COc1ccccc1Oc1c(NS(=O)(=O)c2ccc(C(C)(C)COC(=O)OCCCCON(O)O)cc2)nc(-c2ncccn2)nc1OCCOC(=O)OCCCCON(O)O. The highest BCUT2D eigenvalue weighted by Gasteiger charge is 2.28. The number of hydrogen-bond acceptors (Lipinski definition) is 23. The number of rotatable bonds is 26. The Morgan fingerprint density at radius 2 is 1.26 bits per heavy atom. The molecule has 2 aromatic heterocycles. The Bertz CT molecular complexity index is 2120. The van der Waals surface area contributed by atoms with Gasteiger partial charge in [-0.25, -0.2) is 33.0 Å². The molecule has 0 saturated carbocycles. The monoisotopic (exact) mass is 893 g/mol. The van der Waals surface area contributed by atoms with E-state index >= 15 is 0 Å². The number of carbonyl (C=O) groups is 2. The molecular weight excluding hydrogens is 847 g/mol. The van der Waals surface area contributed by atoms with Gasteiger partial charge in [-0.1, -0.05) is 38.1 Å². The number of nitrogens with one attached hydrogen (secondary N) is 1. The van der Waals surface area contributed by atoms with Crippen LogP contribution in [0.3, 0.4) is 0 Å². The van der Waals surface area contributed by atoms with E-state index in [1.807, 2.05) is 0 Å². The van der Waals surface area contributed by atoms with E-state index in [2.05, 4.69) is 34.3 Å². The summed E-state index contributed by atoms with van der Waals surface area (Å²) in [5.74, 6) is -0.742. The fourth-order valence-corrected chi connectivity index (χ4v) is 5.97. The Morgan fingerprint density at radius 3 is 1.85 bits per heavy atom. The molecule has 0 atom stereocenters. The highest BCUT2D eigenvalue weighted by Crippen LogP contribution is 2.41. The summed E-state index contributed by atoms with van der Waals surface area (Å²) in [5.41, 5.74) is -0.160. The fraction of sp³-hybridized carbons (Fsp3) is 0.405. The summed E-state index contributed by atoms with van der Waals surface area (Å²) in [6, 6.07) is 13.9. The predicted octanol–water partition coefficient (Wildman–Crippen LogP) is 5.08. The van der Waals surface area contributed by atoms with Crippen molar-refractivity contribution in [1.82, 2.24) is 30.7 Å². The molecule has 0 aliphatic carbocycles. The lowest BCUT2D eigenvalue weighted by Crippen LogP contribution is -2.27. The lowest BCUT2D eigenvalue weighted by molar-refractivity contribution is -0.492. The molecular formula is C37H47N7O17S. The first-order chi connectivity index (χ1) is 29.7. The van der Waals surface area contributed by atoms with Crippen LogP contribution in [0.1, 0.15) is 45.1 Å². The topological polar surface area (TPSA) is 302 Å². The number of anilines is 1. The molecule has 0 saturated heterocycles. The van der Waals surface area contributed by atoms with Gasteiger partial charge in [0.05, 0.1) is 49.2 Å². The van der Waals surface area contributed by atoms with Crippen molar-refractivity contribution in [3.63, 3.8) is 0 Å². The third-order valence-electron chi connectivity index (χ3n) is 8.08. The number of sulfonamides is 1. The van der Waals surface area contributed by atoms with E-state index in [-0.39, 0.29) is 91.7 Å². The standard InChI is InChI=1S/C37H47N7O17S/c1-37(2,25-58-36(46)56-20-7-9-22-60-44(49)50)26-13-15-27(16-14-26)62(51,52)42-31-30(61-29-12-5-4-11-28(29)53-3)34(41-33(40-31)32-38-17-10-18-39-32)54-23-24-57-35(45)55-19-6-8-21-59-43(47)48/h4-5,10-18,47-50H,6-9,19-25H2,1-3H3,(H,40,41,42). The van der Waals surface area contributed by atoms with Crippen LogP contribution in [0, 0.1) is 0 Å². The van der Waals surface area contributed by atoms with E-state index in [4.69, 9.17) is 54.0 Å². The van der Waals surface area contributed by atoms with E-state index in [1.54, 1.807) is 56.3 Å². The van der Waals surface area contributed by atoms with Gasteiger partial charge in [-0.3, -0.25) is 35.2 Å². The minimum atomic E-state index is -4.44. The highest BCUT2D eigenvalue weighted by atomic mass is 32.2. The van der Waals surface area contributed by atoms with Gasteiger partial charge in [0.15, 0.2) is 23.1 Å². The van der Waals surface area contributed by atoms with Crippen LogP contribution < -0.4 is 18.9 Å². The van der Waals surface area contributed by atoms with Crippen LogP contribution in [-0.4, -0.2) is 126 Å². The number of hydrogen-bond donors (Lipinski definition) is 5. The van der Waals surface area contributed by atoms with Crippen molar-refractivity contribution in [2.45, 2.75) is 49.8 Å². The Kier molecular flexibility index (Phi) is 19.2. The number of benzene rings is 2. The van der Waals surface area contributed by atoms with Gasteiger partial charge in [-0.2, -0.15) is 4.98 Å². The highest BCUT2D eigenvalue weighted by molar-refractivity contribution is 7.92. The summed E-state index contributed by atoms with van der Waals surface area (Å²) in [7, 11) is -3.03. The molecule has 0 aliphatic rings. The third kappa shape index (κ3) is 16.1. The van der Waals surface area contributed by atoms with Crippen LogP contribution in [0.2, 0.25) is 0 Å². The van der Waals surface area contributed by atoms with Gasteiger partial charge in [0.2, 0.25) is 11.6 Å². The first kappa shape index (κ1) is 48.6. The maximum atomic E-state index is 14.0. The number of aromatic nitrogens is 4. The van der Waals surface area contributed by atoms with Crippen molar-refractivity contribution in [2.75, 3.05) is 58.1 Å². The van der Waals surface area contributed by atoms with E-state index in [0.717, 1.165) is 0 Å². The normalized spacial score (nSPS) is 11.6. The first-order valence-electron chi connectivity index (χ1n) is 18.7. The summed E-state index contributed by atoms with van der Waals surface area (Å²) in [4.78, 5) is 50.2. The maximum absolute atomic E-state index is 14.0. The average molecular weight is 894 g/mol. The molecule has 4 aromatic rings. The van der Waals surface area contributed by atoms with Crippen molar-refractivity contribution in [2.24, 2.45) is 0 Å². The average Bonchev–Trinajstić information content (AvgIpc) is 3.25. The van der Waals surface area contributed by atoms with Crippen molar-refractivity contribution in [3.05, 3.63) is 72.6 Å². The summed E-state index contributed by atoms with van der Waals surface area (Å²) in [5, 5.41) is 33.4. The minimum Gasteiger partial charge on any atom is -0.493 e. The summed E-state index contributed by atoms with van der Waals surface area (Å²) < 4.78 is 68.4. The molecule has 2 heterocycles. The minimum absolute atomic E-state index is 0.00184. The molecule has 2 aromatic carbocycles. The maximum Gasteiger partial charge on any atom is 0.508 e. The summed E-state index contributed by atoms with van der Waals surface area (Å²) in [6.45, 7) is 2.71. The van der Waals surface area contributed by atoms with Gasteiger partial charge in [0, 0.05) is 17.8 Å². The van der Waals surface area contributed by atoms with Crippen molar-refractivity contribution < 1.29 is 81.7 Å². The second-order valence-electron chi connectivity index (χ2n) is 13.1. The molecule has 0 amide bonds. The molecule has 0 bridgehead atoms. The zero-order chi connectivity index (χ0) is 45.0. The van der Waals surface area contributed by atoms with Gasteiger partial charge < -0.3 is 33.2 Å². The molecule has 62 heavy (non-hydrogen) atoms. The van der Waals surface area contributed by atoms with Gasteiger partial charge in [-0.15, -0.1) is 0 Å². The number of nitrogens with zero attached hydrogens (tertiary/aromatic N) is 6. The summed E-state index contributed by atoms with van der Waals surface area (Å²) in [6.07, 6.45) is 2.35. The number of methoxy groups -OCH3 is 1. The van der Waals surface area contributed by atoms with Crippen LogP contribution >= 0.6 is 0 Å². The van der Waals surface area contributed by atoms with Crippen LogP contribution in [0.25, 0.3) is 11.6 Å². The van der Waals surface area contributed by atoms with E-state index in [9.17, 15) is 18.0 Å². The lowest BCUT2D eigenvalue weighted by atomic mass is 9.86. The quantitative estimate of drug-likeness (QED) is 0.0312. The molecule has 5 N–H and O–H groups in total. The second-order valence-corrected chi connectivity index (χ2v) is 14.8. The van der Waals surface area contributed by atoms with Gasteiger partial charge in [-0.05, 0) is 61.6 Å². The third-order valence-corrected chi connectivity index (χ3v) is 9.44. The van der Waals surface area contributed by atoms with Crippen molar-refractivity contribution in [1.29, 1.82) is 0 Å². The molecule has 4 rings (SSSR count). The number of para-hydroxylation sites is 2. The van der Waals surface area contributed by atoms with Crippen molar-refractivity contribution in [3.8, 4) is 34.8 Å². The first-order valence-corrected chi connectivity index (χ1v) is 20.1. The van der Waals surface area contributed by atoms with Crippen LogP contribution in [0.15, 0.2) is 71.9 Å². The van der Waals surface area contributed by atoms with Gasteiger partial charge in [0.1, 0.15) is 19.8 Å². The molecule has 0 spiro atoms. The molecule has 338 valence electrons.